The van der Waals surface area contributed by atoms with Gasteiger partial charge in [-0.05, 0) is 191 Å². The highest BCUT2D eigenvalue weighted by Crippen LogP contribution is 2.35. The number of hydrogen-bond donors (Lipinski definition) is 5. The molecule has 11 rings (SSSR count). The third-order valence-corrected chi connectivity index (χ3v) is 12.9. The molecule has 6 aliphatic heterocycles. The molecule has 0 unspecified atom stereocenters. The zero-order valence-electron chi connectivity index (χ0n) is 95.3. The maximum absolute atomic E-state index is 5.07. The van der Waals surface area contributed by atoms with Gasteiger partial charge in [-0.2, -0.15) is 15.7 Å². The van der Waals surface area contributed by atoms with Crippen LogP contribution in [0.15, 0.2) is 22.9 Å². The lowest BCUT2D eigenvalue weighted by Gasteiger charge is -2.11. The van der Waals surface area contributed by atoms with Crippen LogP contribution in [0.2, 0.25) is 0 Å². The molecule has 756 valence electrons. The Balaban J connectivity index is -0.0000000528. The number of piperidine rings is 1. The van der Waals surface area contributed by atoms with Crippen molar-refractivity contribution in [2.24, 2.45) is 65.1 Å². The number of piperazine rings is 1. The van der Waals surface area contributed by atoms with Gasteiger partial charge in [0.05, 0.1) is 13.2 Å². The van der Waals surface area contributed by atoms with Gasteiger partial charge in [-0.25, -0.2) is 4.98 Å². The minimum absolute atomic E-state index is 0.468. The standard InChI is InChI=1S/C6H10N2S.2C6H12.C5H11N.C5H10O.C5H10.C4H10N2.C4H9NO.C4H9N.C4H8O.C4H4S.9C4H10.10C2H6/c1-4(2)6-7-5(3)9-8-6;1-5(2)6-3-4-6;3*1-2-4-6-5-3-1;1-2-4-5-3-1;1-2-6-4-3-5-1;1-3-6-4-2-5-1;3*1-2-4-5-3-1;9*1-4(2)3;10*1-2/h4H,1-3H3;5-6H,3-4H2,1-2H3;1-6H2;6H,1-5H2;1-5H2;1-5H2;5-6H,1-4H2;5H,1-4H2;5H,1-4H2;1-4H2;1-4H;9*4H,1-3H3;10*1-2H3. The second kappa shape index (κ2) is 180. The number of aromatic nitrogens is 2. The van der Waals surface area contributed by atoms with Crippen LogP contribution in [0.25, 0.3) is 0 Å². The maximum atomic E-state index is 5.07. The first kappa shape index (κ1) is 167. The Bertz CT molecular complexity index is 1250. The highest BCUT2D eigenvalue weighted by atomic mass is 32.1. The quantitative estimate of drug-likeness (QED) is 0.199. The van der Waals surface area contributed by atoms with Crippen molar-refractivity contribution in [2.45, 2.75) is 514 Å². The van der Waals surface area contributed by atoms with E-state index >= 15 is 0 Å². The van der Waals surface area contributed by atoms with Gasteiger partial charge in [0, 0.05) is 71.6 Å². The molecule has 121 heavy (non-hydrogen) atoms. The van der Waals surface area contributed by atoms with Gasteiger partial charge >= 0.3 is 0 Å². The van der Waals surface area contributed by atoms with Crippen LogP contribution >= 0.6 is 22.9 Å². The van der Waals surface area contributed by atoms with Crippen molar-refractivity contribution in [3.05, 3.63) is 33.7 Å². The number of morpholine rings is 1. The van der Waals surface area contributed by atoms with E-state index in [1.165, 1.54) is 185 Å². The molecular weight excluding hydrogens is 1520 g/mol. The molecule has 9 fully saturated rings. The fourth-order valence-electron chi connectivity index (χ4n) is 7.23. The van der Waals surface area contributed by atoms with E-state index in [4.69, 9.17) is 14.2 Å². The topological polar surface area (TPSA) is 114 Å². The summed E-state index contributed by atoms with van der Waals surface area (Å²) in [5, 5.41) is 21.2. The predicted molar refractivity (Wildman–Crippen MR) is 582 cm³/mol. The van der Waals surface area contributed by atoms with Crippen LogP contribution in [0, 0.1) is 72.0 Å². The monoisotopic (exact) mass is 1770 g/mol. The lowest BCUT2D eigenvalue weighted by molar-refractivity contribution is 0.0968. The van der Waals surface area contributed by atoms with Gasteiger partial charge in [-0.3, -0.25) is 0 Å². The molecule has 0 amide bonds. The molecule has 10 nitrogen and oxygen atoms in total. The zero-order chi connectivity index (χ0) is 99.0. The molecule has 0 atom stereocenters. The second-order valence-corrected chi connectivity index (χ2v) is 36.1. The van der Waals surface area contributed by atoms with Crippen LogP contribution in [0.1, 0.15) is 518 Å². The normalized spacial score (nSPS) is 14.3. The summed E-state index contributed by atoms with van der Waals surface area (Å²) < 4.78 is 19.2. The third kappa shape index (κ3) is 342. The summed E-state index contributed by atoms with van der Waals surface area (Å²) in [5.41, 5.74) is 0. The molecule has 3 aliphatic carbocycles. The van der Waals surface area contributed by atoms with Crippen LogP contribution in [0.5, 0.6) is 0 Å². The van der Waals surface area contributed by atoms with Gasteiger partial charge in [-0.1, -0.05) is 442 Å². The Kier molecular flexibility index (Phi) is 247. The van der Waals surface area contributed by atoms with Crippen molar-refractivity contribution in [1.29, 1.82) is 0 Å². The Hall–Kier alpha value is -1.06. The second-order valence-electron chi connectivity index (χ2n) is 34.3. The van der Waals surface area contributed by atoms with E-state index in [2.05, 4.69) is 251 Å². The summed E-state index contributed by atoms with van der Waals surface area (Å²) in [4.78, 5) is 4.22. The molecule has 12 heteroatoms. The van der Waals surface area contributed by atoms with Crippen molar-refractivity contribution >= 4 is 22.9 Å². The van der Waals surface area contributed by atoms with E-state index in [-0.39, 0.29) is 0 Å². The highest BCUT2D eigenvalue weighted by molar-refractivity contribution is 7.07. The third-order valence-electron chi connectivity index (χ3n) is 11.7. The smallest absolute Gasteiger partial charge is 0.145 e. The molecule has 3 saturated carbocycles. The van der Waals surface area contributed by atoms with Crippen molar-refractivity contribution < 1.29 is 14.2 Å². The van der Waals surface area contributed by atoms with Gasteiger partial charge in [0.25, 0.3) is 0 Å². The minimum Gasteiger partial charge on any atom is -0.381 e. The summed E-state index contributed by atoms with van der Waals surface area (Å²) >= 11 is 3.18. The Morgan fingerprint density at radius 2 is 0.438 bits per heavy atom. The summed E-state index contributed by atoms with van der Waals surface area (Å²) in [6, 6.07) is 4.04. The highest BCUT2D eigenvalue weighted by Gasteiger charge is 2.24. The molecule has 2 aromatic heterocycles. The summed E-state index contributed by atoms with van der Waals surface area (Å²) in [7, 11) is 0. The number of hydrogen-bond acceptors (Lipinski definition) is 12. The van der Waals surface area contributed by atoms with E-state index in [1.54, 1.807) is 11.3 Å². The number of ether oxygens (including phenoxy) is 3. The number of nitrogens with one attached hydrogen (secondary N) is 5. The van der Waals surface area contributed by atoms with Crippen LogP contribution < -0.4 is 26.6 Å². The van der Waals surface area contributed by atoms with Gasteiger partial charge < -0.3 is 40.8 Å². The van der Waals surface area contributed by atoms with Crippen LogP contribution in [-0.4, -0.2) is 114 Å². The van der Waals surface area contributed by atoms with Crippen LogP contribution in [0.4, 0.5) is 0 Å². The fourth-order valence-corrected chi connectivity index (χ4v) is 8.29. The molecule has 0 spiro atoms. The molecule has 5 N–H and O–H groups in total. The average Bonchev–Trinajstić information content (AvgIpc) is 1.66. The van der Waals surface area contributed by atoms with Crippen molar-refractivity contribution in [3.63, 3.8) is 0 Å². The van der Waals surface area contributed by atoms with Crippen molar-refractivity contribution in [3.8, 4) is 0 Å². The number of thiophene rings is 1. The molecule has 9 aliphatic rings. The van der Waals surface area contributed by atoms with Gasteiger partial charge in [0.1, 0.15) is 10.8 Å². The number of aryl methyl sites for hydroxylation is 1. The molecular formula is C109H255N7O3S2. The first-order chi connectivity index (χ1) is 57.6. The van der Waals surface area contributed by atoms with Gasteiger partial charge in [0.2, 0.25) is 0 Å². The molecule has 8 heterocycles. The lowest BCUT2D eigenvalue weighted by Crippen LogP contribution is -2.39. The first-order valence-electron chi connectivity index (χ1n) is 52.6. The van der Waals surface area contributed by atoms with E-state index in [1.807, 2.05) is 168 Å². The van der Waals surface area contributed by atoms with E-state index in [9.17, 15) is 0 Å². The van der Waals surface area contributed by atoms with Crippen LogP contribution in [0.3, 0.4) is 0 Å². The predicted octanol–water partition coefficient (Wildman–Crippen LogP) is 37.2. The summed E-state index contributed by atoms with van der Waals surface area (Å²) in [6.07, 6.45) is 33.0. The van der Waals surface area contributed by atoms with Gasteiger partial charge in [-0.15, -0.1) is 0 Å². The summed E-state index contributed by atoms with van der Waals surface area (Å²) in [6.45, 7) is 127. The molecule has 2 aromatic rings. The molecule has 0 aromatic carbocycles. The van der Waals surface area contributed by atoms with Crippen molar-refractivity contribution in [2.75, 3.05) is 105 Å². The van der Waals surface area contributed by atoms with Crippen molar-refractivity contribution in [1.82, 2.24) is 35.9 Å². The van der Waals surface area contributed by atoms with Crippen LogP contribution in [-0.2, 0) is 14.2 Å². The first-order valence-corrected chi connectivity index (χ1v) is 54.3. The largest absolute Gasteiger partial charge is 0.381 e. The van der Waals surface area contributed by atoms with E-state index in [0.717, 1.165) is 155 Å². The Labute approximate surface area is 785 Å². The molecule has 6 saturated heterocycles. The number of rotatable bonds is 2. The average molecular weight is 1780 g/mol. The Morgan fingerprint density at radius 1 is 0.256 bits per heavy atom. The van der Waals surface area contributed by atoms with E-state index < -0.39 is 0 Å². The lowest BCUT2D eigenvalue weighted by atomic mass is 10.0. The maximum Gasteiger partial charge on any atom is 0.145 e. The fraction of sp³-hybridized carbons (Fsp3) is 0.945. The number of nitrogens with zero attached hydrogens (tertiary/aromatic N) is 2. The van der Waals surface area contributed by atoms with E-state index in [0.29, 0.717) is 5.92 Å². The minimum atomic E-state index is 0.468. The van der Waals surface area contributed by atoms with Gasteiger partial charge in [0.15, 0.2) is 0 Å². The zero-order valence-corrected chi connectivity index (χ0v) is 96.9. The Morgan fingerprint density at radius 3 is 0.521 bits per heavy atom. The molecule has 0 radical (unpaired) electrons. The summed E-state index contributed by atoms with van der Waals surface area (Å²) in [5.74, 6) is 11.0. The molecule has 0 bridgehead atoms. The SMILES string of the molecule is C1CCCC1.C1CCCCC1.C1CCNC1.C1CCNCC1.C1CCOC1.C1CCOCC1.C1CNCCN1.C1COCCN1.CC.CC.CC.CC.CC.CC.CC.CC.CC.CC.CC(C)C.CC(C)C.CC(C)C.CC(C)C.CC(C)C.CC(C)C.CC(C)C.CC(C)C.CC(C)C.CC(C)C1CC1.Cc1nc(C(C)C)ns1.c1ccsc1.